The first kappa shape index (κ1) is 10.4. The van der Waals surface area contributed by atoms with Crippen molar-refractivity contribution in [3.8, 4) is 0 Å². The maximum absolute atomic E-state index is 10.8. The summed E-state index contributed by atoms with van der Waals surface area (Å²) in [7, 11) is 2.99. The smallest absolute Gasteiger partial charge is 0.308 e. The summed E-state index contributed by atoms with van der Waals surface area (Å²) in [6.07, 6.45) is 0.312. The number of carbonyl (C=O) groups excluding carboxylic acids is 1. The molecule has 0 amide bonds. The van der Waals surface area contributed by atoms with Gasteiger partial charge < -0.3 is 9.47 Å². The zero-order valence-electron chi connectivity index (χ0n) is 7.59. The summed E-state index contributed by atoms with van der Waals surface area (Å²) >= 11 is 0. The number of methoxy groups -OCH3 is 2. The van der Waals surface area contributed by atoms with E-state index in [-0.39, 0.29) is 12.1 Å². The molecule has 0 aromatic rings. The van der Waals surface area contributed by atoms with Crippen LogP contribution in [-0.4, -0.2) is 26.3 Å². The van der Waals surface area contributed by atoms with Crippen LogP contribution in [-0.2, 0) is 14.3 Å². The van der Waals surface area contributed by atoms with Crippen molar-refractivity contribution in [2.75, 3.05) is 14.2 Å². The van der Waals surface area contributed by atoms with Gasteiger partial charge in [-0.05, 0) is 5.92 Å². The van der Waals surface area contributed by atoms with E-state index in [1.54, 1.807) is 7.11 Å². The van der Waals surface area contributed by atoms with Crippen LogP contribution in [0, 0.1) is 5.92 Å². The van der Waals surface area contributed by atoms with Crippen LogP contribution in [0.25, 0.3) is 0 Å². The van der Waals surface area contributed by atoms with Crippen molar-refractivity contribution < 1.29 is 14.3 Å². The lowest BCUT2D eigenvalue weighted by Crippen LogP contribution is -2.22. The van der Waals surface area contributed by atoms with Gasteiger partial charge in [-0.15, -0.1) is 0 Å². The molecular weight excluding hydrogens is 144 g/mol. The monoisotopic (exact) mass is 160 g/mol. The first-order valence-corrected chi connectivity index (χ1v) is 3.71. The van der Waals surface area contributed by atoms with E-state index in [0.717, 1.165) is 0 Å². The maximum atomic E-state index is 10.8. The molecule has 1 atom stereocenters. The largest absolute Gasteiger partial charge is 0.469 e. The molecule has 3 heteroatoms. The lowest BCUT2D eigenvalue weighted by Gasteiger charge is -2.17. The number of carbonyl (C=O) groups is 1. The van der Waals surface area contributed by atoms with Crippen LogP contribution < -0.4 is 0 Å². The highest BCUT2D eigenvalue weighted by Gasteiger charge is 2.16. The molecule has 0 aliphatic heterocycles. The minimum atomic E-state index is -0.217. The highest BCUT2D eigenvalue weighted by molar-refractivity contribution is 5.69. The average molecular weight is 160 g/mol. The molecule has 0 fully saturated rings. The van der Waals surface area contributed by atoms with Gasteiger partial charge in [-0.2, -0.15) is 0 Å². The molecule has 1 unspecified atom stereocenters. The van der Waals surface area contributed by atoms with Crippen molar-refractivity contribution in [1.82, 2.24) is 0 Å². The lowest BCUT2D eigenvalue weighted by atomic mass is 10.0. The van der Waals surface area contributed by atoms with Crippen molar-refractivity contribution in [2.45, 2.75) is 26.4 Å². The minimum absolute atomic E-state index is 0.0255. The van der Waals surface area contributed by atoms with Crippen molar-refractivity contribution in [1.29, 1.82) is 0 Å². The number of hydrogen-bond donors (Lipinski definition) is 0. The molecule has 0 radical (unpaired) electrons. The standard InChI is InChI=1S/C8H16O3/c1-6(2)7(10-3)5-8(9)11-4/h6-7H,5H2,1-4H3. The predicted molar refractivity (Wildman–Crippen MR) is 42.3 cm³/mol. The van der Waals surface area contributed by atoms with Gasteiger partial charge in [-0.25, -0.2) is 0 Å². The normalized spacial score (nSPS) is 13.2. The quantitative estimate of drug-likeness (QED) is 0.580. The molecule has 0 saturated carbocycles. The molecule has 0 aliphatic rings. The third-order valence-electron chi connectivity index (χ3n) is 1.64. The van der Waals surface area contributed by atoms with Crippen LogP contribution in [0.15, 0.2) is 0 Å². The molecule has 0 bridgehead atoms. The van der Waals surface area contributed by atoms with E-state index in [9.17, 15) is 4.79 Å². The summed E-state index contributed by atoms with van der Waals surface area (Å²) in [5, 5.41) is 0. The first-order chi connectivity index (χ1) is 5.11. The molecule has 0 saturated heterocycles. The first-order valence-electron chi connectivity index (χ1n) is 3.71. The van der Waals surface area contributed by atoms with Crippen molar-refractivity contribution in [3.05, 3.63) is 0 Å². The zero-order valence-corrected chi connectivity index (χ0v) is 7.59. The van der Waals surface area contributed by atoms with E-state index in [1.807, 2.05) is 13.8 Å². The van der Waals surface area contributed by atoms with Crippen LogP contribution in [0.4, 0.5) is 0 Å². The Morgan fingerprint density at radius 1 is 1.36 bits per heavy atom. The fourth-order valence-corrected chi connectivity index (χ4v) is 0.839. The van der Waals surface area contributed by atoms with E-state index < -0.39 is 0 Å². The predicted octanol–water partition coefficient (Wildman–Crippen LogP) is 1.22. The van der Waals surface area contributed by atoms with Crippen molar-refractivity contribution >= 4 is 5.97 Å². The van der Waals surface area contributed by atoms with Gasteiger partial charge in [0.25, 0.3) is 0 Å². The van der Waals surface area contributed by atoms with E-state index in [2.05, 4.69) is 4.74 Å². The van der Waals surface area contributed by atoms with Gasteiger partial charge in [0.05, 0.1) is 19.6 Å². The molecule has 11 heavy (non-hydrogen) atoms. The minimum Gasteiger partial charge on any atom is -0.469 e. The van der Waals surface area contributed by atoms with Crippen LogP contribution >= 0.6 is 0 Å². The summed E-state index contributed by atoms with van der Waals surface area (Å²) < 4.78 is 9.60. The van der Waals surface area contributed by atoms with Gasteiger partial charge >= 0.3 is 5.97 Å². The highest BCUT2D eigenvalue weighted by atomic mass is 16.5. The van der Waals surface area contributed by atoms with E-state index in [4.69, 9.17) is 4.74 Å². The number of ether oxygens (including phenoxy) is 2. The Hall–Kier alpha value is -0.570. The molecule has 3 nitrogen and oxygen atoms in total. The number of hydrogen-bond acceptors (Lipinski definition) is 3. The Morgan fingerprint density at radius 2 is 1.91 bits per heavy atom. The second-order valence-electron chi connectivity index (χ2n) is 2.80. The Morgan fingerprint density at radius 3 is 2.18 bits per heavy atom. The van der Waals surface area contributed by atoms with Gasteiger partial charge in [0, 0.05) is 7.11 Å². The van der Waals surface area contributed by atoms with Gasteiger partial charge in [0.15, 0.2) is 0 Å². The van der Waals surface area contributed by atoms with Gasteiger partial charge in [0.1, 0.15) is 0 Å². The molecule has 0 heterocycles. The van der Waals surface area contributed by atoms with E-state index in [0.29, 0.717) is 12.3 Å². The topological polar surface area (TPSA) is 35.5 Å². The molecule has 0 aromatic heterocycles. The Kier molecular flexibility index (Phi) is 4.86. The molecule has 66 valence electrons. The van der Waals surface area contributed by atoms with Gasteiger partial charge in [-0.1, -0.05) is 13.8 Å². The van der Waals surface area contributed by atoms with E-state index in [1.165, 1.54) is 7.11 Å². The zero-order chi connectivity index (χ0) is 8.85. The SMILES string of the molecule is COC(=O)CC(OC)C(C)C. The fourth-order valence-electron chi connectivity index (χ4n) is 0.839. The third kappa shape index (κ3) is 3.98. The molecule has 0 rings (SSSR count). The molecule has 0 N–H and O–H groups in total. The maximum Gasteiger partial charge on any atom is 0.308 e. The van der Waals surface area contributed by atoms with Crippen molar-refractivity contribution in [3.63, 3.8) is 0 Å². The van der Waals surface area contributed by atoms with Gasteiger partial charge in [0.2, 0.25) is 0 Å². The summed E-state index contributed by atoms with van der Waals surface area (Å²) in [6.45, 7) is 4.02. The second kappa shape index (κ2) is 5.13. The number of rotatable bonds is 4. The number of esters is 1. The second-order valence-corrected chi connectivity index (χ2v) is 2.80. The summed E-state index contributed by atoms with van der Waals surface area (Å²) in [6, 6.07) is 0. The Balaban J connectivity index is 3.78. The van der Waals surface area contributed by atoms with Crippen LogP contribution in [0.2, 0.25) is 0 Å². The van der Waals surface area contributed by atoms with Crippen LogP contribution in [0.3, 0.4) is 0 Å². The highest BCUT2D eigenvalue weighted by Crippen LogP contribution is 2.09. The molecule has 0 aliphatic carbocycles. The summed E-state index contributed by atoms with van der Waals surface area (Å²) in [4.78, 5) is 10.8. The van der Waals surface area contributed by atoms with Crippen LogP contribution in [0.5, 0.6) is 0 Å². The third-order valence-corrected chi connectivity index (χ3v) is 1.64. The molecule has 0 aromatic carbocycles. The summed E-state index contributed by atoms with van der Waals surface area (Å²) in [5.74, 6) is 0.129. The Bertz CT molecular complexity index is 121. The van der Waals surface area contributed by atoms with Crippen LogP contribution in [0.1, 0.15) is 20.3 Å². The lowest BCUT2D eigenvalue weighted by molar-refractivity contribution is -0.144. The van der Waals surface area contributed by atoms with Crippen molar-refractivity contribution in [2.24, 2.45) is 5.92 Å². The average Bonchev–Trinajstić information content (AvgIpc) is 1.99. The van der Waals surface area contributed by atoms with E-state index >= 15 is 0 Å². The van der Waals surface area contributed by atoms with Gasteiger partial charge in [-0.3, -0.25) is 4.79 Å². The molecular formula is C8H16O3. The Labute approximate surface area is 67.7 Å². The molecule has 0 spiro atoms. The summed E-state index contributed by atoms with van der Waals surface area (Å²) in [5.41, 5.74) is 0. The fraction of sp³-hybridized carbons (Fsp3) is 0.875.